The first kappa shape index (κ1) is 18.7. The van der Waals surface area contributed by atoms with Gasteiger partial charge in [0.1, 0.15) is 6.54 Å². The van der Waals surface area contributed by atoms with Crippen molar-refractivity contribution in [1.29, 1.82) is 0 Å². The molecule has 2 aromatic heterocycles. The maximum absolute atomic E-state index is 12.6. The zero-order valence-corrected chi connectivity index (χ0v) is 15.1. The fourth-order valence-corrected chi connectivity index (χ4v) is 3.07. The normalized spacial score (nSPS) is 11.7. The Kier molecular flexibility index (Phi) is 4.79. The number of hydrogen-bond donors (Lipinski definition) is 1. The lowest BCUT2D eigenvalue weighted by Crippen LogP contribution is -2.19. The van der Waals surface area contributed by atoms with Crippen molar-refractivity contribution >= 4 is 22.4 Å². The maximum atomic E-state index is 12.6. The fraction of sp³-hybridized carbons (Fsp3) is 0.150. The van der Waals surface area contributed by atoms with Crippen LogP contribution in [-0.2, 0) is 24.1 Å². The Morgan fingerprint density at radius 1 is 1.03 bits per heavy atom. The molecule has 0 spiro atoms. The predicted molar refractivity (Wildman–Crippen MR) is 101 cm³/mol. The van der Waals surface area contributed by atoms with E-state index in [1.807, 2.05) is 42.5 Å². The van der Waals surface area contributed by atoms with E-state index >= 15 is 0 Å². The number of amides is 1. The molecular formula is C20H16F3N5O. The van der Waals surface area contributed by atoms with Crippen molar-refractivity contribution < 1.29 is 18.0 Å². The summed E-state index contributed by atoms with van der Waals surface area (Å²) < 4.78 is 40.4. The Morgan fingerprint density at radius 2 is 1.83 bits per heavy atom. The number of hydrogen-bond acceptors (Lipinski definition) is 3. The van der Waals surface area contributed by atoms with Gasteiger partial charge in [-0.3, -0.25) is 14.2 Å². The highest BCUT2D eigenvalue weighted by Crippen LogP contribution is 2.27. The number of rotatable bonds is 5. The van der Waals surface area contributed by atoms with Crippen molar-refractivity contribution in [3.05, 3.63) is 78.4 Å². The first-order valence-corrected chi connectivity index (χ1v) is 8.78. The molecule has 0 atom stereocenters. The minimum atomic E-state index is -4.54. The smallest absolute Gasteiger partial charge is 0.322 e. The van der Waals surface area contributed by atoms with Crippen LogP contribution in [0.15, 0.2) is 67.1 Å². The number of fused-ring (bicyclic) bond motifs is 1. The van der Waals surface area contributed by atoms with E-state index in [9.17, 15) is 18.0 Å². The minimum absolute atomic E-state index is 0.329. The number of benzene rings is 2. The van der Waals surface area contributed by atoms with Crippen LogP contribution in [0.3, 0.4) is 0 Å². The lowest BCUT2D eigenvalue weighted by Gasteiger charge is -2.07. The predicted octanol–water partition coefficient (Wildman–Crippen LogP) is 3.94. The number of anilines is 1. The highest BCUT2D eigenvalue weighted by molar-refractivity contribution is 5.90. The van der Waals surface area contributed by atoms with E-state index in [1.165, 1.54) is 6.20 Å². The summed E-state index contributed by atoms with van der Waals surface area (Å²) in [6, 6.07) is 14.9. The van der Waals surface area contributed by atoms with Crippen LogP contribution >= 0.6 is 0 Å². The summed E-state index contributed by atoms with van der Waals surface area (Å²) in [5.74, 6) is -0.494. The van der Waals surface area contributed by atoms with Gasteiger partial charge in [-0.05, 0) is 22.4 Å². The van der Waals surface area contributed by atoms with E-state index in [1.54, 1.807) is 10.9 Å². The first-order chi connectivity index (χ1) is 13.9. The van der Waals surface area contributed by atoms with Crippen molar-refractivity contribution in [2.24, 2.45) is 0 Å². The van der Waals surface area contributed by atoms with Gasteiger partial charge in [0, 0.05) is 12.4 Å². The molecule has 148 valence electrons. The minimum Gasteiger partial charge on any atom is -0.322 e. The van der Waals surface area contributed by atoms with Crippen LogP contribution in [0.5, 0.6) is 0 Å². The molecular weight excluding hydrogens is 383 g/mol. The number of carbonyl (C=O) groups excluding carboxylic acids is 1. The van der Waals surface area contributed by atoms with Crippen LogP contribution in [0.1, 0.15) is 11.3 Å². The van der Waals surface area contributed by atoms with Crippen molar-refractivity contribution in [2.75, 3.05) is 5.32 Å². The van der Waals surface area contributed by atoms with Gasteiger partial charge in [0.05, 0.1) is 18.4 Å². The number of nitrogens with zero attached hydrogens (tertiary/aromatic N) is 4. The van der Waals surface area contributed by atoms with Gasteiger partial charge in [-0.1, -0.05) is 42.5 Å². The van der Waals surface area contributed by atoms with E-state index in [0.717, 1.165) is 33.3 Å². The second-order valence-corrected chi connectivity index (χ2v) is 6.51. The Hall–Kier alpha value is -3.62. The summed E-state index contributed by atoms with van der Waals surface area (Å²) in [7, 11) is 0. The van der Waals surface area contributed by atoms with Gasteiger partial charge < -0.3 is 5.32 Å². The van der Waals surface area contributed by atoms with Crippen LogP contribution in [0.25, 0.3) is 10.8 Å². The third-order valence-electron chi connectivity index (χ3n) is 4.37. The zero-order chi connectivity index (χ0) is 20.4. The number of carbonyl (C=O) groups is 1. The number of nitrogens with one attached hydrogen (secondary N) is 1. The van der Waals surface area contributed by atoms with E-state index in [4.69, 9.17) is 0 Å². The Bertz CT molecular complexity index is 1160. The summed E-state index contributed by atoms with van der Waals surface area (Å²) in [6.07, 6.45) is -0.256. The second-order valence-electron chi connectivity index (χ2n) is 6.51. The second kappa shape index (κ2) is 7.42. The third kappa shape index (κ3) is 4.29. The van der Waals surface area contributed by atoms with Gasteiger partial charge in [-0.15, -0.1) is 0 Å². The molecule has 4 aromatic rings. The van der Waals surface area contributed by atoms with Gasteiger partial charge in [0.15, 0.2) is 5.69 Å². The van der Waals surface area contributed by atoms with Crippen molar-refractivity contribution in [3.63, 3.8) is 0 Å². The summed E-state index contributed by atoms with van der Waals surface area (Å²) in [6.45, 7) is 0.190. The van der Waals surface area contributed by atoms with Crippen molar-refractivity contribution in [2.45, 2.75) is 19.3 Å². The molecule has 0 fully saturated rings. The molecule has 2 heterocycles. The van der Waals surface area contributed by atoms with Gasteiger partial charge in [0.25, 0.3) is 0 Å². The van der Waals surface area contributed by atoms with Crippen LogP contribution in [-0.4, -0.2) is 25.5 Å². The molecule has 1 amide bonds. The molecule has 0 aliphatic rings. The number of halogens is 3. The summed E-state index contributed by atoms with van der Waals surface area (Å²) in [5, 5.41) is 12.5. The van der Waals surface area contributed by atoms with E-state index in [0.29, 0.717) is 12.2 Å². The summed E-state index contributed by atoms with van der Waals surface area (Å²) in [4.78, 5) is 12.1. The quantitative estimate of drug-likeness (QED) is 0.553. The molecule has 0 aliphatic carbocycles. The van der Waals surface area contributed by atoms with E-state index < -0.39 is 17.8 Å². The average molecular weight is 399 g/mol. The molecule has 2 aromatic carbocycles. The standard InChI is InChI=1S/C20H16F3N5O/c21-20(22,23)18-8-9-27(26-18)13-19(29)25-16-10-24-28(12-16)11-15-6-3-5-14-4-1-2-7-17(14)15/h1-10,12H,11,13H2,(H,25,29). The molecule has 0 unspecified atom stereocenters. The molecule has 0 aliphatic heterocycles. The molecule has 0 bridgehead atoms. The van der Waals surface area contributed by atoms with Crippen LogP contribution in [0.4, 0.5) is 18.9 Å². The Morgan fingerprint density at radius 3 is 2.62 bits per heavy atom. The highest BCUT2D eigenvalue weighted by atomic mass is 19.4. The van der Waals surface area contributed by atoms with E-state index in [2.05, 4.69) is 15.5 Å². The van der Waals surface area contributed by atoms with Gasteiger partial charge in [-0.25, -0.2) is 0 Å². The zero-order valence-electron chi connectivity index (χ0n) is 15.1. The van der Waals surface area contributed by atoms with Crippen LogP contribution in [0.2, 0.25) is 0 Å². The lowest BCUT2D eigenvalue weighted by atomic mass is 10.0. The molecule has 0 radical (unpaired) electrons. The van der Waals surface area contributed by atoms with Crippen LogP contribution < -0.4 is 5.32 Å². The highest BCUT2D eigenvalue weighted by Gasteiger charge is 2.33. The van der Waals surface area contributed by atoms with Gasteiger partial charge in [0.2, 0.25) is 5.91 Å². The third-order valence-corrected chi connectivity index (χ3v) is 4.37. The maximum Gasteiger partial charge on any atom is 0.435 e. The SMILES string of the molecule is O=C(Cn1ccc(C(F)(F)F)n1)Nc1cnn(Cc2cccc3ccccc23)c1. The Labute approximate surface area is 163 Å². The first-order valence-electron chi connectivity index (χ1n) is 8.78. The molecule has 0 saturated carbocycles. The topological polar surface area (TPSA) is 64.7 Å². The Balaban J connectivity index is 1.41. The molecule has 4 rings (SSSR count). The molecule has 29 heavy (non-hydrogen) atoms. The van der Waals surface area contributed by atoms with E-state index in [-0.39, 0.29) is 6.54 Å². The molecule has 0 saturated heterocycles. The lowest BCUT2D eigenvalue weighted by molar-refractivity contribution is -0.141. The summed E-state index contributed by atoms with van der Waals surface area (Å²) >= 11 is 0. The molecule has 6 nitrogen and oxygen atoms in total. The average Bonchev–Trinajstić information content (AvgIpc) is 3.31. The van der Waals surface area contributed by atoms with Crippen molar-refractivity contribution in [3.8, 4) is 0 Å². The van der Waals surface area contributed by atoms with Crippen LogP contribution in [0, 0.1) is 0 Å². The number of aromatic nitrogens is 4. The fourth-order valence-electron chi connectivity index (χ4n) is 3.07. The van der Waals surface area contributed by atoms with Gasteiger partial charge >= 0.3 is 6.18 Å². The van der Waals surface area contributed by atoms with Crippen molar-refractivity contribution in [1.82, 2.24) is 19.6 Å². The number of alkyl halides is 3. The monoisotopic (exact) mass is 399 g/mol. The van der Waals surface area contributed by atoms with Gasteiger partial charge in [-0.2, -0.15) is 23.4 Å². The molecule has 1 N–H and O–H groups in total. The molecule has 9 heteroatoms. The largest absolute Gasteiger partial charge is 0.435 e. The summed E-state index contributed by atoms with van der Waals surface area (Å²) in [5.41, 5.74) is 0.506.